The third-order valence-electron chi connectivity index (χ3n) is 5.68. The van der Waals surface area contributed by atoms with Gasteiger partial charge in [0.1, 0.15) is 12.3 Å². The van der Waals surface area contributed by atoms with Crippen LogP contribution in [0.4, 0.5) is 13.9 Å². The van der Waals surface area contributed by atoms with Crippen LogP contribution in [0.1, 0.15) is 43.6 Å². The van der Waals surface area contributed by atoms with E-state index >= 15 is 0 Å². The maximum atomic E-state index is 13.7. The second-order valence-electron chi connectivity index (χ2n) is 7.93. The van der Waals surface area contributed by atoms with E-state index in [1.54, 1.807) is 18.3 Å². The molecule has 162 valence electrons. The molecule has 4 rings (SSSR count). The number of thiazole rings is 1. The fraction of sp³-hybridized carbons (Fsp3) is 0.500. The summed E-state index contributed by atoms with van der Waals surface area (Å²) in [7, 11) is -3.32. The first kappa shape index (κ1) is 21.8. The number of rotatable bonds is 7. The van der Waals surface area contributed by atoms with E-state index in [1.807, 2.05) is 0 Å². The maximum absolute atomic E-state index is 13.7. The van der Waals surface area contributed by atoms with Crippen LogP contribution in [0.5, 0.6) is 0 Å². The van der Waals surface area contributed by atoms with Crippen molar-refractivity contribution in [3.8, 4) is 0 Å². The molecule has 4 atom stereocenters. The molecule has 1 N–H and O–H groups in total. The molecule has 5 nitrogen and oxygen atoms in total. The highest BCUT2D eigenvalue weighted by Gasteiger charge is 2.38. The van der Waals surface area contributed by atoms with Gasteiger partial charge in [-0.05, 0) is 71.6 Å². The number of hydrogen-bond acceptors (Lipinski definition) is 5. The number of nitrogens with one attached hydrogen (secondary N) is 1. The summed E-state index contributed by atoms with van der Waals surface area (Å²) in [6.45, 7) is 0. The van der Waals surface area contributed by atoms with Gasteiger partial charge >= 0.3 is 0 Å². The summed E-state index contributed by atoms with van der Waals surface area (Å²) < 4.78 is 53.0. The highest BCUT2D eigenvalue weighted by molar-refractivity contribution is 9.11. The van der Waals surface area contributed by atoms with Gasteiger partial charge in [-0.3, -0.25) is 4.79 Å². The minimum Gasteiger partial charge on any atom is -0.301 e. The second kappa shape index (κ2) is 8.63. The molecule has 1 unspecified atom stereocenters. The van der Waals surface area contributed by atoms with Gasteiger partial charge in [0.2, 0.25) is 5.91 Å². The van der Waals surface area contributed by atoms with Crippen LogP contribution < -0.4 is 5.32 Å². The van der Waals surface area contributed by atoms with Crippen LogP contribution in [-0.2, 0) is 14.6 Å². The number of alkyl halides is 2. The lowest BCUT2D eigenvalue weighted by atomic mass is 9.87. The normalized spacial score (nSPS) is 25.2. The van der Waals surface area contributed by atoms with Gasteiger partial charge in [-0.2, -0.15) is 0 Å². The molecule has 10 heteroatoms. The van der Waals surface area contributed by atoms with Gasteiger partial charge < -0.3 is 5.32 Å². The number of halogens is 3. The zero-order chi connectivity index (χ0) is 21.5. The number of anilines is 1. The van der Waals surface area contributed by atoms with Crippen molar-refractivity contribution in [3.63, 3.8) is 0 Å². The summed E-state index contributed by atoms with van der Waals surface area (Å²) in [6, 6.07) is 6.31. The number of carbonyl (C=O) groups is 1. The summed E-state index contributed by atoms with van der Waals surface area (Å²) >= 11 is 4.56. The number of hydrogen-bond donors (Lipinski definition) is 1. The summed E-state index contributed by atoms with van der Waals surface area (Å²) in [5.41, 5.74) is 0.621. The van der Waals surface area contributed by atoms with Crippen LogP contribution in [0, 0.1) is 5.92 Å². The highest BCUT2D eigenvalue weighted by atomic mass is 79.9. The zero-order valence-electron chi connectivity index (χ0n) is 15.9. The lowest BCUT2D eigenvalue weighted by Gasteiger charge is -2.20. The standard InChI is InChI=1S/C20H21BrF2N2O3S2/c21-18-10-24-20(29-18)25-19(26)15(7-11-8-16(22)17(23)9-11)12-1-3-13(4-2-12)30(27,28)14-5-6-14/h1-4,10-11,14-17H,5-9H2,(H,24,25,26)/t11?,15-,16-,17+/m1/s1. The molecule has 2 saturated carbocycles. The Morgan fingerprint density at radius 2 is 1.83 bits per heavy atom. The minimum absolute atomic E-state index is 0.0852. The Morgan fingerprint density at radius 3 is 2.37 bits per heavy atom. The van der Waals surface area contributed by atoms with Gasteiger partial charge in [0.25, 0.3) is 0 Å². The van der Waals surface area contributed by atoms with Crippen molar-refractivity contribution >= 4 is 48.1 Å². The van der Waals surface area contributed by atoms with Crippen LogP contribution in [0.25, 0.3) is 0 Å². The highest BCUT2D eigenvalue weighted by Crippen LogP contribution is 2.39. The lowest BCUT2D eigenvalue weighted by Crippen LogP contribution is -2.23. The quantitative estimate of drug-likeness (QED) is 0.556. The van der Waals surface area contributed by atoms with Gasteiger partial charge in [-0.25, -0.2) is 22.2 Å². The van der Waals surface area contributed by atoms with E-state index in [2.05, 4.69) is 26.2 Å². The van der Waals surface area contributed by atoms with Crippen molar-refractivity contribution in [2.24, 2.45) is 5.92 Å². The van der Waals surface area contributed by atoms with Crippen molar-refractivity contribution in [1.29, 1.82) is 0 Å². The van der Waals surface area contributed by atoms with Crippen LogP contribution in [0.2, 0.25) is 0 Å². The molecule has 1 heterocycles. The van der Waals surface area contributed by atoms with Crippen molar-refractivity contribution in [2.75, 3.05) is 5.32 Å². The predicted octanol–water partition coefficient (Wildman–Crippen LogP) is 5.04. The van der Waals surface area contributed by atoms with Crippen molar-refractivity contribution < 1.29 is 22.0 Å². The number of benzene rings is 1. The first-order valence-corrected chi connectivity index (χ1v) is 12.9. The number of aromatic nitrogens is 1. The lowest BCUT2D eigenvalue weighted by molar-refractivity contribution is -0.118. The molecule has 0 spiro atoms. The van der Waals surface area contributed by atoms with Gasteiger partial charge in [0, 0.05) is 0 Å². The minimum atomic E-state index is -3.32. The van der Waals surface area contributed by atoms with Gasteiger partial charge in [-0.1, -0.05) is 23.5 Å². The molecule has 1 aromatic carbocycles. The van der Waals surface area contributed by atoms with Crippen LogP contribution in [0.3, 0.4) is 0 Å². The first-order chi connectivity index (χ1) is 14.2. The molecule has 0 saturated heterocycles. The second-order valence-corrected chi connectivity index (χ2v) is 12.6. The Hall–Kier alpha value is -1.39. The molecule has 0 bridgehead atoms. The zero-order valence-corrected chi connectivity index (χ0v) is 19.2. The van der Waals surface area contributed by atoms with Gasteiger partial charge in [-0.15, -0.1) is 0 Å². The molecule has 2 fully saturated rings. The van der Waals surface area contributed by atoms with E-state index in [-0.39, 0.29) is 41.2 Å². The molecule has 1 amide bonds. The van der Waals surface area contributed by atoms with Crippen molar-refractivity contribution in [3.05, 3.63) is 39.8 Å². The Morgan fingerprint density at radius 1 is 1.20 bits per heavy atom. The van der Waals surface area contributed by atoms with Crippen molar-refractivity contribution in [1.82, 2.24) is 4.98 Å². The fourth-order valence-electron chi connectivity index (χ4n) is 3.91. The number of nitrogens with zero attached hydrogens (tertiary/aromatic N) is 1. The number of amides is 1. The SMILES string of the molecule is O=C(Nc1ncc(Br)s1)[C@H](CC1C[C@@H](F)[C@@H](F)C1)c1ccc(S(=O)(=O)C2CC2)cc1. The topological polar surface area (TPSA) is 76.1 Å². The van der Waals surface area contributed by atoms with E-state index in [1.165, 1.54) is 23.5 Å². The third kappa shape index (κ3) is 4.75. The van der Waals surface area contributed by atoms with E-state index in [0.717, 1.165) is 3.79 Å². The monoisotopic (exact) mass is 518 g/mol. The molecule has 0 radical (unpaired) electrons. The summed E-state index contributed by atoms with van der Waals surface area (Å²) in [4.78, 5) is 17.3. The summed E-state index contributed by atoms with van der Waals surface area (Å²) in [6.07, 6.45) is 0.381. The number of carbonyl (C=O) groups excluding carboxylic acids is 1. The molecular formula is C20H21BrF2N2O3S2. The Kier molecular flexibility index (Phi) is 6.28. The van der Waals surface area contributed by atoms with Gasteiger partial charge in [0.05, 0.1) is 26.0 Å². The van der Waals surface area contributed by atoms with E-state index in [9.17, 15) is 22.0 Å². The molecule has 2 aliphatic rings. The van der Waals surface area contributed by atoms with Crippen LogP contribution >= 0.6 is 27.3 Å². The predicted molar refractivity (Wildman–Crippen MR) is 115 cm³/mol. The smallest absolute Gasteiger partial charge is 0.233 e. The Labute approximate surface area is 186 Å². The van der Waals surface area contributed by atoms with Gasteiger partial charge in [0.15, 0.2) is 15.0 Å². The van der Waals surface area contributed by atoms with E-state index in [4.69, 9.17) is 0 Å². The molecule has 0 aliphatic heterocycles. The maximum Gasteiger partial charge on any atom is 0.233 e. The molecular weight excluding hydrogens is 498 g/mol. The average molecular weight is 519 g/mol. The van der Waals surface area contributed by atoms with Crippen LogP contribution in [0.15, 0.2) is 39.1 Å². The molecule has 1 aromatic heterocycles. The van der Waals surface area contributed by atoms with E-state index in [0.29, 0.717) is 23.5 Å². The largest absolute Gasteiger partial charge is 0.301 e. The Balaban J connectivity index is 1.56. The van der Waals surface area contributed by atoms with E-state index < -0.39 is 28.1 Å². The average Bonchev–Trinajstić information content (AvgIpc) is 3.42. The molecule has 30 heavy (non-hydrogen) atoms. The van der Waals surface area contributed by atoms with Crippen LogP contribution in [-0.4, -0.2) is 36.9 Å². The van der Waals surface area contributed by atoms with Crippen molar-refractivity contribution in [2.45, 2.75) is 60.5 Å². The summed E-state index contributed by atoms with van der Waals surface area (Å²) in [5, 5.41) is 2.87. The summed E-state index contributed by atoms with van der Waals surface area (Å²) in [5.74, 6) is -1.25. The fourth-order valence-corrected chi connectivity index (χ4v) is 6.68. The molecule has 2 aromatic rings. The number of sulfone groups is 1. The Bertz CT molecular complexity index is 1010. The first-order valence-electron chi connectivity index (χ1n) is 9.78. The third-order valence-corrected chi connectivity index (χ3v) is 9.35. The molecule has 2 aliphatic carbocycles.